The lowest BCUT2D eigenvalue weighted by atomic mass is 9.85. The largest absolute Gasteiger partial charge is 0.469 e. The molecule has 0 aliphatic heterocycles. The van der Waals surface area contributed by atoms with Crippen molar-refractivity contribution in [3.05, 3.63) is 35.4 Å². The number of hydrogen-bond donors (Lipinski definition) is 1. The molecule has 0 aromatic heterocycles. The van der Waals surface area contributed by atoms with E-state index < -0.39 is 0 Å². The van der Waals surface area contributed by atoms with Gasteiger partial charge in [0.1, 0.15) is 0 Å². The fourth-order valence-electron chi connectivity index (χ4n) is 2.20. The maximum absolute atomic E-state index is 11.5. The van der Waals surface area contributed by atoms with Crippen molar-refractivity contribution in [3.63, 3.8) is 0 Å². The number of aryl methyl sites for hydroxylation is 1. The van der Waals surface area contributed by atoms with Gasteiger partial charge < -0.3 is 10.1 Å². The van der Waals surface area contributed by atoms with Crippen LogP contribution >= 0.6 is 0 Å². The van der Waals surface area contributed by atoms with Crippen molar-refractivity contribution in [3.8, 4) is 0 Å². The number of rotatable bonds is 5. The van der Waals surface area contributed by atoms with Gasteiger partial charge in [-0.05, 0) is 31.5 Å². The van der Waals surface area contributed by atoms with E-state index in [1.165, 1.54) is 12.7 Å². The Morgan fingerprint density at radius 3 is 2.59 bits per heavy atom. The third-order valence-electron chi connectivity index (χ3n) is 3.03. The van der Waals surface area contributed by atoms with E-state index in [0.29, 0.717) is 6.42 Å². The third kappa shape index (κ3) is 3.30. The predicted octanol–water partition coefficient (Wildman–Crippen LogP) is 2.38. The van der Waals surface area contributed by atoms with Crippen LogP contribution in [0.1, 0.15) is 31.4 Å². The number of carbonyl (C=O) groups excluding carboxylic acids is 1. The van der Waals surface area contributed by atoms with Gasteiger partial charge in [-0.3, -0.25) is 4.79 Å². The maximum Gasteiger partial charge on any atom is 0.307 e. The first kappa shape index (κ1) is 13.7. The van der Waals surface area contributed by atoms with Crippen LogP contribution in [0.2, 0.25) is 0 Å². The molecule has 3 nitrogen and oxygen atoms in total. The molecule has 0 saturated carbocycles. The zero-order valence-corrected chi connectivity index (χ0v) is 11.0. The summed E-state index contributed by atoms with van der Waals surface area (Å²) in [5, 5.41) is 3.38. The first-order valence-electron chi connectivity index (χ1n) is 5.91. The van der Waals surface area contributed by atoms with Crippen molar-refractivity contribution in [2.24, 2.45) is 0 Å². The minimum atomic E-state index is -0.368. The van der Waals surface area contributed by atoms with Crippen LogP contribution in [0.15, 0.2) is 24.3 Å². The Morgan fingerprint density at radius 1 is 1.41 bits per heavy atom. The van der Waals surface area contributed by atoms with E-state index in [1.807, 2.05) is 26.0 Å². The summed E-state index contributed by atoms with van der Waals surface area (Å²) in [7, 11) is 1.42. The molecule has 0 spiro atoms. The zero-order valence-electron chi connectivity index (χ0n) is 11.0. The second-order valence-electron chi connectivity index (χ2n) is 4.43. The van der Waals surface area contributed by atoms with Crippen LogP contribution in [0.4, 0.5) is 0 Å². The lowest BCUT2D eigenvalue weighted by molar-refractivity contribution is -0.142. The number of hydrogen-bond acceptors (Lipinski definition) is 3. The highest BCUT2D eigenvalue weighted by atomic mass is 16.5. The van der Waals surface area contributed by atoms with E-state index in [9.17, 15) is 4.79 Å². The first-order chi connectivity index (χ1) is 8.03. The Morgan fingerprint density at radius 2 is 2.06 bits per heavy atom. The second-order valence-corrected chi connectivity index (χ2v) is 4.43. The van der Waals surface area contributed by atoms with Gasteiger partial charge in [-0.2, -0.15) is 0 Å². The molecule has 0 bridgehead atoms. The van der Waals surface area contributed by atoms with Crippen LogP contribution < -0.4 is 5.32 Å². The Balaban J connectivity index is 3.06. The molecule has 0 aliphatic carbocycles. The standard InChI is InChI=1S/C14H21NO2/c1-5-15-14(3,10-13(16)17-4)12-9-7-6-8-11(12)2/h6-9,15H,5,10H2,1-4H3. The van der Waals surface area contributed by atoms with Crippen LogP contribution in [-0.2, 0) is 15.1 Å². The van der Waals surface area contributed by atoms with Crippen LogP contribution in [0.25, 0.3) is 0 Å². The van der Waals surface area contributed by atoms with Crippen LogP contribution in [0.5, 0.6) is 0 Å². The summed E-state index contributed by atoms with van der Waals surface area (Å²) in [5.74, 6) is -0.197. The van der Waals surface area contributed by atoms with Crippen LogP contribution in [-0.4, -0.2) is 19.6 Å². The predicted molar refractivity (Wildman–Crippen MR) is 68.8 cm³/mol. The molecule has 0 heterocycles. The molecule has 1 atom stereocenters. The minimum absolute atomic E-state index is 0.197. The molecule has 0 saturated heterocycles. The average Bonchev–Trinajstić information content (AvgIpc) is 2.29. The van der Waals surface area contributed by atoms with Gasteiger partial charge in [0.05, 0.1) is 19.1 Å². The molecule has 0 aliphatic rings. The molecule has 1 aromatic rings. The number of nitrogens with one attached hydrogen (secondary N) is 1. The Hall–Kier alpha value is -1.35. The SMILES string of the molecule is CCNC(C)(CC(=O)OC)c1ccccc1C. The maximum atomic E-state index is 11.5. The minimum Gasteiger partial charge on any atom is -0.469 e. The van der Waals surface area contributed by atoms with Crippen LogP contribution in [0, 0.1) is 6.92 Å². The summed E-state index contributed by atoms with van der Waals surface area (Å²) in [6.07, 6.45) is 0.336. The van der Waals surface area contributed by atoms with E-state index in [-0.39, 0.29) is 11.5 Å². The van der Waals surface area contributed by atoms with E-state index in [0.717, 1.165) is 12.1 Å². The van der Waals surface area contributed by atoms with Gasteiger partial charge in [0.25, 0.3) is 0 Å². The molecule has 1 unspecified atom stereocenters. The topological polar surface area (TPSA) is 38.3 Å². The molecule has 94 valence electrons. The van der Waals surface area contributed by atoms with Crippen molar-refractivity contribution in [2.45, 2.75) is 32.7 Å². The quantitative estimate of drug-likeness (QED) is 0.796. The second kappa shape index (κ2) is 5.82. The fraction of sp³-hybridized carbons (Fsp3) is 0.500. The summed E-state index contributed by atoms with van der Waals surface area (Å²) in [4.78, 5) is 11.5. The van der Waals surface area contributed by atoms with Crippen molar-refractivity contribution >= 4 is 5.97 Å². The van der Waals surface area contributed by atoms with Gasteiger partial charge in [0, 0.05) is 0 Å². The summed E-state index contributed by atoms with van der Waals surface area (Å²) < 4.78 is 4.77. The lowest BCUT2D eigenvalue weighted by Gasteiger charge is -2.31. The van der Waals surface area contributed by atoms with Crippen molar-refractivity contribution < 1.29 is 9.53 Å². The normalized spacial score (nSPS) is 14.1. The first-order valence-corrected chi connectivity index (χ1v) is 5.91. The smallest absolute Gasteiger partial charge is 0.307 e. The summed E-state index contributed by atoms with van der Waals surface area (Å²) in [6.45, 7) is 6.94. The molecule has 0 radical (unpaired) electrons. The van der Waals surface area contributed by atoms with Gasteiger partial charge in [0.2, 0.25) is 0 Å². The van der Waals surface area contributed by atoms with Crippen molar-refractivity contribution in [1.82, 2.24) is 5.32 Å². The molecule has 0 amide bonds. The van der Waals surface area contributed by atoms with Crippen molar-refractivity contribution in [2.75, 3.05) is 13.7 Å². The van der Waals surface area contributed by atoms with Gasteiger partial charge >= 0.3 is 5.97 Å². The highest BCUT2D eigenvalue weighted by molar-refractivity contribution is 5.71. The van der Waals surface area contributed by atoms with E-state index in [2.05, 4.69) is 24.4 Å². The Labute approximate surface area is 103 Å². The van der Waals surface area contributed by atoms with E-state index in [1.54, 1.807) is 0 Å². The monoisotopic (exact) mass is 235 g/mol. The highest BCUT2D eigenvalue weighted by Crippen LogP contribution is 2.27. The van der Waals surface area contributed by atoms with E-state index >= 15 is 0 Å². The molecule has 1 aromatic carbocycles. The Kier molecular flexibility index (Phi) is 4.70. The molecule has 3 heteroatoms. The zero-order chi connectivity index (χ0) is 12.9. The summed E-state index contributed by atoms with van der Waals surface area (Å²) >= 11 is 0. The number of benzene rings is 1. The number of carbonyl (C=O) groups is 1. The number of methoxy groups -OCH3 is 1. The highest BCUT2D eigenvalue weighted by Gasteiger charge is 2.30. The molecule has 0 fully saturated rings. The van der Waals surface area contributed by atoms with Gasteiger partial charge in [-0.25, -0.2) is 0 Å². The lowest BCUT2D eigenvalue weighted by Crippen LogP contribution is -2.42. The summed E-state index contributed by atoms with van der Waals surface area (Å²) in [5.41, 5.74) is 1.96. The van der Waals surface area contributed by atoms with Crippen molar-refractivity contribution in [1.29, 1.82) is 0 Å². The van der Waals surface area contributed by atoms with Gasteiger partial charge in [0.15, 0.2) is 0 Å². The number of ether oxygens (including phenoxy) is 1. The average molecular weight is 235 g/mol. The Bertz CT molecular complexity index is 390. The van der Waals surface area contributed by atoms with Gasteiger partial charge in [-0.1, -0.05) is 31.2 Å². The van der Waals surface area contributed by atoms with Gasteiger partial charge in [-0.15, -0.1) is 0 Å². The third-order valence-corrected chi connectivity index (χ3v) is 3.03. The molecular weight excluding hydrogens is 214 g/mol. The number of esters is 1. The van der Waals surface area contributed by atoms with Crippen LogP contribution in [0.3, 0.4) is 0 Å². The molecule has 1 rings (SSSR count). The van der Waals surface area contributed by atoms with E-state index in [4.69, 9.17) is 4.74 Å². The molecule has 17 heavy (non-hydrogen) atoms. The fourth-order valence-corrected chi connectivity index (χ4v) is 2.20. The molecule has 1 N–H and O–H groups in total. The summed E-state index contributed by atoms with van der Waals surface area (Å²) in [6, 6.07) is 8.11. The molecular formula is C14H21NO2.